The average Bonchev–Trinajstić information content (AvgIpc) is 2.49. The van der Waals surface area contributed by atoms with Crippen LogP contribution in [0.5, 0.6) is 11.5 Å². The van der Waals surface area contributed by atoms with Gasteiger partial charge in [-0.25, -0.2) is 8.78 Å². The summed E-state index contributed by atoms with van der Waals surface area (Å²) in [5.41, 5.74) is 1.28. The lowest BCUT2D eigenvalue weighted by atomic mass is 10.0. The zero-order chi connectivity index (χ0) is 15.4. The summed E-state index contributed by atoms with van der Waals surface area (Å²) in [6.07, 6.45) is 0.371. The number of para-hydroxylation sites is 1. The third-order valence-electron chi connectivity index (χ3n) is 3.19. The second kappa shape index (κ2) is 6.89. The summed E-state index contributed by atoms with van der Waals surface area (Å²) in [4.78, 5) is -0.178. The number of halogens is 3. The quantitative estimate of drug-likeness (QED) is 0.725. The minimum atomic E-state index is -0.582. The molecule has 5 heteroatoms. The van der Waals surface area contributed by atoms with Gasteiger partial charge in [-0.1, -0.05) is 34.1 Å². The molecule has 2 rings (SSSR count). The lowest BCUT2D eigenvalue weighted by molar-refractivity contribution is 0.351. The highest BCUT2D eigenvalue weighted by atomic mass is 79.9. The zero-order valence-corrected chi connectivity index (χ0v) is 13.3. The summed E-state index contributed by atoms with van der Waals surface area (Å²) in [7, 11) is 3.12. The van der Waals surface area contributed by atoms with Crippen molar-refractivity contribution in [1.82, 2.24) is 0 Å². The average molecular weight is 357 g/mol. The van der Waals surface area contributed by atoms with Crippen LogP contribution < -0.4 is 9.47 Å². The topological polar surface area (TPSA) is 18.5 Å². The van der Waals surface area contributed by atoms with E-state index >= 15 is 0 Å². The summed E-state index contributed by atoms with van der Waals surface area (Å²) < 4.78 is 37.3. The second-order valence-corrected chi connectivity index (χ2v) is 5.60. The molecule has 0 fully saturated rings. The van der Waals surface area contributed by atoms with Crippen LogP contribution >= 0.6 is 15.9 Å². The van der Waals surface area contributed by atoms with Gasteiger partial charge in [0.1, 0.15) is 11.6 Å². The smallest absolute Gasteiger partial charge is 0.165 e. The van der Waals surface area contributed by atoms with Gasteiger partial charge in [0.15, 0.2) is 11.5 Å². The normalized spacial score (nSPS) is 12.0. The van der Waals surface area contributed by atoms with E-state index in [1.807, 2.05) is 12.1 Å². The van der Waals surface area contributed by atoms with E-state index in [4.69, 9.17) is 9.47 Å². The lowest BCUT2D eigenvalue weighted by Gasteiger charge is -2.17. The van der Waals surface area contributed by atoms with Gasteiger partial charge in [-0.15, -0.1) is 0 Å². The van der Waals surface area contributed by atoms with E-state index in [1.165, 1.54) is 12.1 Å². The van der Waals surface area contributed by atoms with Crippen LogP contribution in [0.3, 0.4) is 0 Å². The molecule has 0 heterocycles. The van der Waals surface area contributed by atoms with Gasteiger partial charge >= 0.3 is 0 Å². The fourth-order valence-electron chi connectivity index (χ4n) is 2.15. The number of rotatable bonds is 5. The molecule has 2 aromatic carbocycles. The van der Waals surface area contributed by atoms with Crippen molar-refractivity contribution in [2.75, 3.05) is 14.2 Å². The van der Waals surface area contributed by atoms with Gasteiger partial charge in [-0.3, -0.25) is 0 Å². The summed E-state index contributed by atoms with van der Waals surface area (Å²) in [5.74, 6) is 0.0751. The van der Waals surface area contributed by atoms with Crippen molar-refractivity contribution >= 4 is 15.9 Å². The standard InChI is InChI=1S/C16H15BrF2O2/c1-20-15-5-3-4-12(16(15)21-2)13(17)8-10-6-7-11(18)9-14(10)19/h3-7,9,13H,8H2,1-2H3. The van der Waals surface area contributed by atoms with E-state index in [0.29, 0.717) is 23.5 Å². The molecular weight excluding hydrogens is 342 g/mol. The van der Waals surface area contributed by atoms with Gasteiger partial charge < -0.3 is 9.47 Å². The van der Waals surface area contributed by atoms with E-state index in [-0.39, 0.29) is 4.83 Å². The van der Waals surface area contributed by atoms with Crippen LogP contribution in [-0.4, -0.2) is 14.2 Å². The summed E-state index contributed by atoms with van der Waals surface area (Å²) in [5, 5.41) is 0. The molecule has 0 aliphatic heterocycles. The maximum atomic E-state index is 13.7. The van der Waals surface area contributed by atoms with Crippen molar-refractivity contribution in [1.29, 1.82) is 0 Å². The maximum absolute atomic E-state index is 13.7. The van der Waals surface area contributed by atoms with Gasteiger partial charge in [0.05, 0.1) is 14.2 Å². The molecule has 0 spiro atoms. The first-order chi connectivity index (χ1) is 10.1. The largest absolute Gasteiger partial charge is 0.493 e. The number of ether oxygens (including phenoxy) is 2. The van der Waals surface area contributed by atoms with E-state index < -0.39 is 11.6 Å². The van der Waals surface area contributed by atoms with Crippen LogP contribution in [0.2, 0.25) is 0 Å². The van der Waals surface area contributed by atoms with Crippen molar-refractivity contribution < 1.29 is 18.3 Å². The molecular formula is C16H15BrF2O2. The zero-order valence-electron chi connectivity index (χ0n) is 11.7. The summed E-state index contributed by atoms with van der Waals surface area (Å²) >= 11 is 3.53. The second-order valence-electron chi connectivity index (χ2n) is 4.49. The molecule has 0 aliphatic carbocycles. The first kappa shape index (κ1) is 15.8. The minimum absolute atomic E-state index is 0.178. The van der Waals surface area contributed by atoms with E-state index in [9.17, 15) is 8.78 Å². The number of methoxy groups -OCH3 is 2. The Hall–Kier alpha value is -1.62. The highest BCUT2D eigenvalue weighted by Crippen LogP contribution is 2.39. The fraction of sp³-hybridized carbons (Fsp3) is 0.250. The Labute approximate surface area is 130 Å². The molecule has 112 valence electrons. The first-order valence-electron chi connectivity index (χ1n) is 6.35. The highest BCUT2D eigenvalue weighted by molar-refractivity contribution is 9.09. The predicted molar refractivity (Wildman–Crippen MR) is 81.3 cm³/mol. The fourth-order valence-corrected chi connectivity index (χ4v) is 2.86. The number of hydrogen-bond acceptors (Lipinski definition) is 2. The van der Waals surface area contributed by atoms with E-state index in [2.05, 4.69) is 15.9 Å². The molecule has 1 atom stereocenters. The predicted octanol–water partition coefficient (Wildman–Crippen LogP) is 4.66. The van der Waals surface area contributed by atoms with Crippen LogP contribution in [0.4, 0.5) is 8.78 Å². The van der Waals surface area contributed by atoms with Gasteiger partial charge in [0.2, 0.25) is 0 Å². The van der Waals surface area contributed by atoms with Crippen LogP contribution in [0.25, 0.3) is 0 Å². The third-order valence-corrected chi connectivity index (χ3v) is 4.00. The molecule has 0 saturated carbocycles. The molecule has 0 amide bonds. The summed E-state index contributed by atoms with van der Waals surface area (Å²) in [6.45, 7) is 0. The molecule has 2 nitrogen and oxygen atoms in total. The van der Waals surface area contributed by atoms with E-state index in [0.717, 1.165) is 11.6 Å². The van der Waals surface area contributed by atoms with Crippen LogP contribution in [0.1, 0.15) is 16.0 Å². The van der Waals surface area contributed by atoms with Crippen molar-refractivity contribution in [2.45, 2.75) is 11.2 Å². The molecule has 0 aliphatic rings. The van der Waals surface area contributed by atoms with Gasteiger partial charge in [-0.2, -0.15) is 0 Å². The molecule has 0 radical (unpaired) electrons. The Morgan fingerprint density at radius 3 is 2.48 bits per heavy atom. The molecule has 2 aromatic rings. The number of hydrogen-bond donors (Lipinski definition) is 0. The number of alkyl halides is 1. The maximum Gasteiger partial charge on any atom is 0.165 e. The van der Waals surface area contributed by atoms with Gasteiger partial charge in [0.25, 0.3) is 0 Å². The molecule has 0 N–H and O–H groups in total. The Morgan fingerprint density at radius 2 is 1.86 bits per heavy atom. The Bertz CT molecular complexity index is 632. The van der Waals surface area contributed by atoms with Crippen LogP contribution in [-0.2, 0) is 6.42 Å². The molecule has 0 saturated heterocycles. The van der Waals surface area contributed by atoms with Gasteiger partial charge in [-0.05, 0) is 24.1 Å². The van der Waals surface area contributed by atoms with Crippen molar-refractivity contribution in [2.24, 2.45) is 0 Å². The van der Waals surface area contributed by atoms with Gasteiger partial charge in [0, 0.05) is 16.5 Å². The van der Waals surface area contributed by atoms with Crippen molar-refractivity contribution in [3.8, 4) is 11.5 Å². The Kier molecular flexibility index (Phi) is 5.17. The molecule has 21 heavy (non-hydrogen) atoms. The van der Waals surface area contributed by atoms with Crippen molar-refractivity contribution in [3.05, 3.63) is 59.2 Å². The van der Waals surface area contributed by atoms with Crippen molar-refractivity contribution in [3.63, 3.8) is 0 Å². The SMILES string of the molecule is COc1cccc(C(Br)Cc2ccc(F)cc2F)c1OC. The summed E-state index contributed by atoms with van der Waals surface area (Å²) in [6, 6.07) is 9.10. The Balaban J connectivity index is 2.30. The number of benzene rings is 2. The van der Waals surface area contributed by atoms with Crippen LogP contribution in [0, 0.1) is 11.6 Å². The van der Waals surface area contributed by atoms with Crippen LogP contribution in [0.15, 0.2) is 36.4 Å². The minimum Gasteiger partial charge on any atom is -0.493 e. The molecule has 1 unspecified atom stereocenters. The third kappa shape index (κ3) is 3.53. The highest BCUT2D eigenvalue weighted by Gasteiger charge is 2.18. The first-order valence-corrected chi connectivity index (χ1v) is 7.27. The van der Waals surface area contributed by atoms with E-state index in [1.54, 1.807) is 20.3 Å². The lowest BCUT2D eigenvalue weighted by Crippen LogP contribution is -2.02. The monoisotopic (exact) mass is 356 g/mol. The molecule has 0 aromatic heterocycles. The Morgan fingerprint density at radius 1 is 1.10 bits per heavy atom. The molecule has 0 bridgehead atoms.